The van der Waals surface area contributed by atoms with Crippen molar-refractivity contribution in [3.8, 4) is 11.5 Å². The van der Waals surface area contributed by atoms with Gasteiger partial charge in [0.1, 0.15) is 11.5 Å². The average molecular weight is 278 g/mol. The molecule has 0 fully saturated rings. The van der Waals surface area contributed by atoms with Crippen molar-refractivity contribution in [3.05, 3.63) is 60.2 Å². The van der Waals surface area contributed by atoms with Gasteiger partial charge in [-0.05, 0) is 42.8 Å². The molecule has 0 aromatic heterocycles. The molecule has 102 valence electrons. The topological polar surface area (TPSA) is 21.3 Å². The van der Waals surface area contributed by atoms with Crippen molar-refractivity contribution in [1.82, 2.24) is 5.32 Å². The lowest BCUT2D eigenvalue weighted by Gasteiger charge is -2.13. The number of likely N-dealkylation sites (N-methyl/N-ethyl adjacent to an activating group) is 1. The van der Waals surface area contributed by atoms with Crippen LogP contribution in [0.3, 0.4) is 0 Å². The Hall–Kier alpha value is -1.51. The van der Waals surface area contributed by atoms with Crippen LogP contribution in [0.25, 0.3) is 0 Å². The second kappa shape index (κ2) is 7.82. The SMILES string of the molecule is CNCC(C)c1cccc(Oc2ccccc2)c1.Cl. The van der Waals surface area contributed by atoms with E-state index in [1.165, 1.54) is 5.56 Å². The zero-order chi connectivity index (χ0) is 12.8. The largest absolute Gasteiger partial charge is 0.457 e. The molecule has 0 saturated carbocycles. The van der Waals surface area contributed by atoms with Gasteiger partial charge in [0, 0.05) is 6.54 Å². The third-order valence-electron chi connectivity index (χ3n) is 2.92. The molecule has 2 aromatic rings. The third kappa shape index (κ3) is 4.58. The minimum atomic E-state index is 0. The zero-order valence-corrected chi connectivity index (χ0v) is 12.1. The van der Waals surface area contributed by atoms with Crippen LogP contribution < -0.4 is 10.1 Å². The molecule has 3 heteroatoms. The molecule has 1 atom stereocenters. The Morgan fingerprint density at radius 1 is 1.00 bits per heavy atom. The van der Waals surface area contributed by atoms with E-state index in [1.807, 2.05) is 49.5 Å². The lowest BCUT2D eigenvalue weighted by atomic mass is 10.0. The van der Waals surface area contributed by atoms with E-state index < -0.39 is 0 Å². The lowest BCUT2D eigenvalue weighted by Crippen LogP contribution is -2.14. The molecule has 19 heavy (non-hydrogen) atoms. The summed E-state index contributed by atoms with van der Waals surface area (Å²) >= 11 is 0. The summed E-state index contributed by atoms with van der Waals surface area (Å²) in [4.78, 5) is 0. The second-order valence-corrected chi connectivity index (χ2v) is 4.45. The Morgan fingerprint density at radius 2 is 1.68 bits per heavy atom. The summed E-state index contributed by atoms with van der Waals surface area (Å²) in [6, 6.07) is 18.1. The van der Waals surface area contributed by atoms with Gasteiger partial charge in [-0.25, -0.2) is 0 Å². The molecule has 0 heterocycles. The Bertz CT molecular complexity index is 487. The highest BCUT2D eigenvalue weighted by Crippen LogP contribution is 2.24. The fraction of sp³-hybridized carbons (Fsp3) is 0.250. The number of ether oxygens (including phenoxy) is 1. The monoisotopic (exact) mass is 277 g/mol. The van der Waals surface area contributed by atoms with Crippen LogP contribution in [0.1, 0.15) is 18.4 Å². The molecule has 2 nitrogen and oxygen atoms in total. The molecule has 0 bridgehead atoms. The fourth-order valence-electron chi connectivity index (χ4n) is 1.93. The van der Waals surface area contributed by atoms with E-state index in [4.69, 9.17) is 4.74 Å². The number of hydrogen-bond donors (Lipinski definition) is 1. The van der Waals surface area contributed by atoms with Crippen molar-refractivity contribution >= 4 is 12.4 Å². The van der Waals surface area contributed by atoms with Gasteiger partial charge in [0.25, 0.3) is 0 Å². The highest BCUT2D eigenvalue weighted by Gasteiger charge is 2.05. The van der Waals surface area contributed by atoms with Crippen LogP contribution in [0.5, 0.6) is 11.5 Å². The maximum Gasteiger partial charge on any atom is 0.127 e. The normalized spacial score (nSPS) is 11.5. The Balaban J connectivity index is 0.00000180. The number of para-hydroxylation sites is 1. The molecule has 0 radical (unpaired) electrons. The van der Waals surface area contributed by atoms with E-state index >= 15 is 0 Å². The molecule has 0 saturated heterocycles. The highest BCUT2D eigenvalue weighted by molar-refractivity contribution is 5.85. The van der Waals surface area contributed by atoms with E-state index in [0.29, 0.717) is 5.92 Å². The maximum absolute atomic E-state index is 5.83. The quantitative estimate of drug-likeness (QED) is 0.883. The van der Waals surface area contributed by atoms with Gasteiger partial charge >= 0.3 is 0 Å². The van der Waals surface area contributed by atoms with Crippen molar-refractivity contribution in [1.29, 1.82) is 0 Å². The lowest BCUT2D eigenvalue weighted by molar-refractivity contribution is 0.481. The van der Waals surface area contributed by atoms with Crippen LogP contribution in [-0.2, 0) is 0 Å². The van der Waals surface area contributed by atoms with Crippen LogP contribution in [0.15, 0.2) is 54.6 Å². The molecular weight excluding hydrogens is 258 g/mol. The number of nitrogens with one attached hydrogen (secondary N) is 1. The molecule has 0 aliphatic carbocycles. The summed E-state index contributed by atoms with van der Waals surface area (Å²) in [6.07, 6.45) is 0. The highest BCUT2D eigenvalue weighted by atomic mass is 35.5. The summed E-state index contributed by atoms with van der Waals surface area (Å²) in [6.45, 7) is 3.17. The minimum Gasteiger partial charge on any atom is -0.457 e. The summed E-state index contributed by atoms with van der Waals surface area (Å²) in [5.74, 6) is 2.24. The predicted molar refractivity (Wildman–Crippen MR) is 82.5 cm³/mol. The van der Waals surface area contributed by atoms with E-state index in [-0.39, 0.29) is 12.4 Å². The molecule has 0 aliphatic heterocycles. The summed E-state index contributed by atoms with van der Waals surface area (Å²) in [7, 11) is 1.97. The Labute approximate surface area is 121 Å². The molecule has 0 spiro atoms. The first-order valence-electron chi connectivity index (χ1n) is 6.27. The first kappa shape index (κ1) is 15.5. The summed E-state index contributed by atoms with van der Waals surface area (Å²) in [5.41, 5.74) is 1.29. The van der Waals surface area contributed by atoms with Gasteiger partial charge in [-0.3, -0.25) is 0 Å². The van der Waals surface area contributed by atoms with Gasteiger partial charge in [0.2, 0.25) is 0 Å². The van der Waals surface area contributed by atoms with E-state index in [0.717, 1.165) is 18.0 Å². The van der Waals surface area contributed by atoms with Crippen molar-refractivity contribution < 1.29 is 4.74 Å². The maximum atomic E-state index is 5.83. The summed E-state index contributed by atoms with van der Waals surface area (Å²) < 4.78 is 5.83. The number of rotatable bonds is 5. The summed E-state index contributed by atoms with van der Waals surface area (Å²) in [5, 5.41) is 3.19. The zero-order valence-electron chi connectivity index (χ0n) is 11.3. The molecule has 0 aliphatic rings. The van der Waals surface area contributed by atoms with Crippen LogP contribution in [0, 0.1) is 0 Å². The number of halogens is 1. The Kier molecular flexibility index (Phi) is 6.40. The second-order valence-electron chi connectivity index (χ2n) is 4.45. The third-order valence-corrected chi connectivity index (χ3v) is 2.92. The molecule has 0 amide bonds. The van der Waals surface area contributed by atoms with Gasteiger partial charge in [0.15, 0.2) is 0 Å². The standard InChI is InChI=1S/C16H19NO.ClH/c1-13(12-17-2)14-7-6-10-16(11-14)18-15-8-4-3-5-9-15;/h3-11,13,17H,12H2,1-2H3;1H. The van der Waals surface area contributed by atoms with Crippen molar-refractivity contribution in [2.24, 2.45) is 0 Å². The van der Waals surface area contributed by atoms with Gasteiger partial charge in [0.05, 0.1) is 0 Å². The molecule has 1 N–H and O–H groups in total. The fourth-order valence-corrected chi connectivity index (χ4v) is 1.93. The number of hydrogen-bond acceptors (Lipinski definition) is 2. The van der Waals surface area contributed by atoms with E-state index in [1.54, 1.807) is 0 Å². The van der Waals surface area contributed by atoms with Crippen LogP contribution in [-0.4, -0.2) is 13.6 Å². The molecule has 2 rings (SSSR count). The smallest absolute Gasteiger partial charge is 0.127 e. The van der Waals surface area contributed by atoms with Crippen molar-refractivity contribution in [3.63, 3.8) is 0 Å². The molecular formula is C16H20ClNO. The first-order chi connectivity index (χ1) is 8.79. The van der Waals surface area contributed by atoms with Crippen LogP contribution >= 0.6 is 12.4 Å². The number of benzene rings is 2. The van der Waals surface area contributed by atoms with E-state index in [2.05, 4.69) is 24.4 Å². The van der Waals surface area contributed by atoms with E-state index in [9.17, 15) is 0 Å². The van der Waals surface area contributed by atoms with Crippen LogP contribution in [0.4, 0.5) is 0 Å². The van der Waals surface area contributed by atoms with Gasteiger partial charge in [-0.1, -0.05) is 37.3 Å². The van der Waals surface area contributed by atoms with Crippen LogP contribution in [0.2, 0.25) is 0 Å². The Morgan fingerprint density at radius 3 is 2.37 bits per heavy atom. The molecule has 2 aromatic carbocycles. The van der Waals surface area contributed by atoms with Crippen molar-refractivity contribution in [2.45, 2.75) is 12.8 Å². The van der Waals surface area contributed by atoms with Crippen molar-refractivity contribution in [2.75, 3.05) is 13.6 Å². The van der Waals surface area contributed by atoms with Gasteiger partial charge in [-0.2, -0.15) is 0 Å². The minimum absolute atomic E-state index is 0. The first-order valence-corrected chi connectivity index (χ1v) is 6.27. The predicted octanol–water partition coefficient (Wildman–Crippen LogP) is 4.22. The van der Waals surface area contributed by atoms with Gasteiger partial charge in [-0.15, -0.1) is 12.4 Å². The molecule has 1 unspecified atom stereocenters. The average Bonchev–Trinajstić information content (AvgIpc) is 2.40. The van der Waals surface area contributed by atoms with Gasteiger partial charge < -0.3 is 10.1 Å².